The quantitative estimate of drug-likeness (QED) is 0.243. The van der Waals surface area contributed by atoms with Gasteiger partial charge >= 0.3 is 6.09 Å². The summed E-state index contributed by atoms with van der Waals surface area (Å²) in [7, 11) is 0. The molecule has 1 saturated heterocycles. The van der Waals surface area contributed by atoms with Crippen molar-refractivity contribution in [2.24, 2.45) is 0 Å². The number of likely N-dealkylation sites (tertiary alicyclic amines) is 1. The third-order valence-corrected chi connectivity index (χ3v) is 7.36. The van der Waals surface area contributed by atoms with Gasteiger partial charge in [0.2, 0.25) is 0 Å². The highest BCUT2D eigenvalue weighted by molar-refractivity contribution is 6.31. The van der Waals surface area contributed by atoms with Crippen LogP contribution in [0.15, 0.2) is 66.7 Å². The molecule has 1 aliphatic heterocycles. The zero-order chi connectivity index (χ0) is 28.8. The monoisotopic (exact) mass is 573 g/mol. The van der Waals surface area contributed by atoms with E-state index < -0.39 is 12.1 Å². The molecular formula is C31H32ClN5O4. The number of hydrogen-bond acceptors (Lipinski definition) is 5. The average Bonchev–Trinajstić information content (AvgIpc) is 3.66. The Labute approximate surface area is 243 Å². The molecule has 1 aliphatic rings. The Bertz CT molecular complexity index is 1550. The lowest BCUT2D eigenvalue weighted by Gasteiger charge is -2.19. The standard InChI is InChI=1S/C31H32ClN5O4/c1-20-17-22(9-11-24(20)30(39)37-15-5-6-16-37)29(38)36-26(28-34-25-12-10-23(32)18-27(25)35-28)13-14-33-31(40)41-19-21-7-3-2-4-8-21/h2-4,7-12,17-18,26H,5-6,13-16,19H2,1H3,(H,33,40)(H,34,35)(H,36,38)/t26-/m0/s1. The fourth-order valence-corrected chi connectivity index (χ4v) is 5.09. The Balaban J connectivity index is 1.27. The second-order valence-corrected chi connectivity index (χ2v) is 10.6. The van der Waals surface area contributed by atoms with Crippen LogP contribution >= 0.6 is 11.6 Å². The zero-order valence-electron chi connectivity index (χ0n) is 22.8. The molecule has 10 heteroatoms. The van der Waals surface area contributed by atoms with Gasteiger partial charge in [0.1, 0.15) is 12.4 Å². The molecule has 1 fully saturated rings. The lowest BCUT2D eigenvalue weighted by Crippen LogP contribution is -2.33. The molecule has 3 aromatic carbocycles. The smallest absolute Gasteiger partial charge is 0.407 e. The van der Waals surface area contributed by atoms with Crippen LogP contribution in [-0.2, 0) is 11.3 Å². The van der Waals surface area contributed by atoms with Gasteiger partial charge in [-0.05, 0) is 73.7 Å². The van der Waals surface area contributed by atoms with Crippen molar-refractivity contribution in [3.05, 3.63) is 99.8 Å². The molecule has 2 heterocycles. The van der Waals surface area contributed by atoms with Gasteiger partial charge in [-0.2, -0.15) is 0 Å². The molecule has 0 unspecified atom stereocenters. The number of alkyl carbamates (subject to hydrolysis) is 1. The number of fused-ring (bicyclic) bond motifs is 1. The van der Waals surface area contributed by atoms with Crippen molar-refractivity contribution in [3.63, 3.8) is 0 Å². The van der Waals surface area contributed by atoms with E-state index in [-0.39, 0.29) is 25.0 Å². The maximum Gasteiger partial charge on any atom is 0.407 e. The summed E-state index contributed by atoms with van der Waals surface area (Å²) in [5, 5.41) is 6.35. The highest BCUT2D eigenvalue weighted by atomic mass is 35.5. The van der Waals surface area contributed by atoms with Crippen LogP contribution in [0.1, 0.15) is 63.0 Å². The largest absolute Gasteiger partial charge is 0.445 e. The number of aryl methyl sites for hydroxylation is 1. The highest BCUT2D eigenvalue weighted by Crippen LogP contribution is 2.23. The van der Waals surface area contributed by atoms with E-state index in [1.54, 1.807) is 36.4 Å². The van der Waals surface area contributed by atoms with Crippen LogP contribution in [-0.4, -0.2) is 52.4 Å². The number of aromatic amines is 1. The average molecular weight is 574 g/mol. The molecule has 3 N–H and O–H groups in total. The summed E-state index contributed by atoms with van der Waals surface area (Å²) in [5.41, 5.74) is 4.11. The minimum Gasteiger partial charge on any atom is -0.445 e. The summed E-state index contributed by atoms with van der Waals surface area (Å²) in [6.07, 6.45) is 1.83. The molecular weight excluding hydrogens is 542 g/mol. The minimum atomic E-state index is -0.552. The van der Waals surface area contributed by atoms with Crippen molar-refractivity contribution in [1.82, 2.24) is 25.5 Å². The molecule has 0 bridgehead atoms. The summed E-state index contributed by atoms with van der Waals surface area (Å²) in [4.78, 5) is 48.3. The van der Waals surface area contributed by atoms with Crippen LogP contribution in [0, 0.1) is 6.92 Å². The lowest BCUT2D eigenvalue weighted by atomic mass is 10.0. The van der Waals surface area contributed by atoms with Gasteiger partial charge in [-0.1, -0.05) is 41.9 Å². The van der Waals surface area contributed by atoms with E-state index in [1.165, 1.54) is 0 Å². The maximum atomic E-state index is 13.4. The van der Waals surface area contributed by atoms with Crippen molar-refractivity contribution in [2.45, 2.75) is 38.8 Å². The number of nitrogens with zero attached hydrogens (tertiary/aromatic N) is 2. The summed E-state index contributed by atoms with van der Waals surface area (Å²) < 4.78 is 5.30. The second-order valence-electron chi connectivity index (χ2n) is 10.1. The summed E-state index contributed by atoms with van der Waals surface area (Å²) in [6, 6.07) is 19.3. The van der Waals surface area contributed by atoms with E-state index >= 15 is 0 Å². The lowest BCUT2D eigenvalue weighted by molar-refractivity contribution is 0.0791. The maximum absolute atomic E-state index is 13.4. The first-order chi connectivity index (χ1) is 19.9. The number of imidazole rings is 1. The van der Waals surface area contributed by atoms with E-state index in [0.29, 0.717) is 33.9 Å². The van der Waals surface area contributed by atoms with E-state index in [2.05, 4.69) is 20.6 Å². The number of H-pyrrole nitrogens is 1. The van der Waals surface area contributed by atoms with Gasteiger partial charge in [-0.15, -0.1) is 0 Å². The molecule has 212 valence electrons. The van der Waals surface area contributed by atoms with Crippen molar-refractivity contribution in [1.29, 1.82) is 0 Å². The number of aromatic nitrogens is 2. The van der Waals surface area contributed by atoms with Gasteiger partial charge in [0.25, 0.3) is 11.8 Å². The molecule has 0 saturated carbocycles. The SMILES string of the molecule is Cc1cc(C(=O)N[C@@H](CCNC(=O)OCc2ccccc2)c2nc3ccc(Cl)cc3[nH]2)ccc1C(=O)N1CCCC1. The summed E-state index contributed by atoms with van der Waals surface area (Å²) >= 11 is 6.15. The van der Waals surface area contributed by atoms with Gasteiger partial charge in [-0.3, -0.25) is 9.59 Å². The third kappa shape index (κ3) is 7.05. The Morgan fingerprint density at radius 1 is 1.05 bits per heavy atom. The number of nitrogens with one attached hydrogen (secondary N) is 3. The molecule has 4 aromatic rings. The number of hydrogen-bond donors (Lipinski definition) is 3. The summed E-state index contributed by atoms with van der Waals surface area (Å²) in [5.74, 6) is 0.215. The van der Waals surface area contributed by atoms with Crippen LogP contribution in [0.3, 0.4) is 0 Å². The topological polar surface area (TPSA) is 116 Å². The molecule has 0 radical (unpaired) electrons. The van der Waals surface area contributed by atoms with Gasteiger partial charge < -0.3 is 25.3 Å². The number of ether oxygens (including phenoxy) is 1. The normalized spacial score (nSPS) is 13.7. The van der Waals surface area contributed by atoms with Gasteiger partial charge in [0.05, 0.1) is 17.1 Å². The van der Waals surface area contributed by atoms with E-state index in [1.807, 2.05) is 42.2 Å². The van der Waals surface area contributed by atoms with Gasteiger partial charge in [-0.25, -0.2) is 9.78 Å². The minimum absolute atomic E-state index is 0.00371. The number of carbonyl (C=O) groups excluding carboxylic acids is 3. The number of amides is 3. The van der Waals surface area contributed by atoms with Crippen LogP contribution in [0.4, 0.5) is 4.79 Å². The molecule has 1 atom stereocenters. The molecule has 9 nitrogen and oxygen atoms in total. The van der Waals surface area contributed by atoms with Crippen LogP contribution in [0.2, 0.25) is 5.02 Å². The molecule has 3 amide bonds. The fourth-order valence-electron chi connectivity index (χ4n) is 4.91. The van der Waals surface area contributed by atoms with Gasteiger partial charge in [0.15, 0.2) is 0 Å². The number of rotatable bonds is 9. The van der Waals surface area contributed by atoms with Crippen molar-refractivity contribution >= 4 is 40.5 Å². The highest BCUT2D eigenvalue weighted by Gasteiger charge is 2.23. The Morgan fingerprint density at radius 2 is 1.83 bits per heavy atom. The first kappa shape index (κ1) is 28.2. The fraction of sp³-hybridized carbons (Fsp3) is 0.290. The molecule has 0 spiro atoms. The van der Waals surface area contributed by atoms with Crippen molar-refractivity contribution < 1.29 is 19.1 Å². The molecule has 5 rings (SSSR count). The predicted molar refractivity (Wildman–Crippen MR) is 157 cm³/mol. The van der Waals surface area contributed by atoms with Crippen molar-refractivity contribution in [2.75, 3.05) is 19.6 Å². The zero-order valence-corrected chi connectivity index (χ0v) is 23.5. The van der Waals surface area contributed by atoms with E-state index in [9.17, 15) is 14.4 Å². The Kier molecular flexibility index (Phi) is 8.84. The summed E-state index contributed by atoms with van der Waals surface area (Å²) in [6.45, 7) is 3.76. The van der Waals surface area contributed by atoms with Gasteiger partial charge in [0, 0.05) is 35.8 Å². The predicted octanol–water partition coefficient (Wildman–Crippen LogP) is 5.55. The first-order valence-electron chi connectivity index (χ1n) is 13.7. The van der Waals surface area contributed by atoms with E-state index in [0.717, 1.165) is 42.6 Å². The van der Waals surface area contributed by atoms with Crippen LogP contribution in [0.5, 0.6) is 0 Å². The third-order valence-electron chi connectivity index (χ3n) is 7.13. The van der Waals surface area contributed by atoms with Crippen LogP contribution < -0.4 is 10.6 Å². The first-order valence-corrected chi connectivity index (χ1v) is 14.1. The molecule has 0 aliphatic carbocycles. The number of halogens is 1. The second kappa shape index (κ2) is 12.9. The Hall–Kier alpha value is -4.37. The van der Waals surface area contributed by atoms with Crippen molar-refractivity contribution in [3.8, 4) is 0 Å². The Morgan fingerprint density at radius 3 is 2.59 bits per heavy atom. The number of carbonyl (C=O) groups is 3. The number of benzene rings is 3. The van der Waals surface area contributed by atoms with E-state index in [4.69, 9.17) is 16.3 Å². The van der Waals surface area contributed by atoms with Crippen LogP contribution in [0.25, 0.3) is 11.0 Å². The molecule has 41 heavy (non-hydrogen) atoms. The molecule has 1 aromatic heterocycles.